The van der Waals surface area contributed by atoms with Gasteiger partial charge in [-0.15, -0.1) is 6.58 Å². The van der Waals surface area contributed by atoms with Gasteiger partial charge in [-0.25, -0.2) is 0 Å². The molecule has 0 amide bonds. The van der Waals surface area contributed by atoms with Crippen LogP contribution in [-0.2, 0) is 4.57 Å². The molecule has 0 aromatic rings. The first kappa shape index (κ1) is 12.6. The van der Waals surface area contributed by atoms with E-state index >= 15 is 0 Å². The average Bonchev–Trinajstić information content (AvgIpc) is 1.30. The van der Waals surface area contributed by atoms with Crippen molar-refractivity contribution in [1.82, 2.24) is 0 Å². The second-order valence-corrected chi connectivity index (χ2v) is 2.83. The number of rotatable bonds is 2. The van der Waals surface area contributed by atoms with E-state index in [1.165, 1.54) is 6.08 Å². The van der Waals surface area contributed by atoms with Crippen LogP contribution in [0.5, 0.6) is 0 Å². The van der Waals surface area contributed by atoms with E-state index in [0.29, 0.717) is 0 Å². The van der Waals surface area contributed by atoms with Gasteiger partial charge in [0, 0.05) is 0 Å². The van der Waals surface area contributed by atoms with E-state index in [9.17, 15) is 4.57 Å². The molecule has 0 saturated carbocycles. The maximum absolute atomic E-state index is 9.85. The van der Waals surface area contributed by atoms with Crippen LogP contribution in [0, 0.1) is 0 Å². The van der Waals surface area contributed by atoms with E-state index in [2.05, 4.69) is 6.58 Å². The molecule has 0 spiro atoms. The third-order valence-electron chi connectivity index (χ3n) is 0.367. The number of allylic oxidation sites excluding steroid dienone is 1. The van der Waals surface area contributed by atoms with Crippen LogP contribution in [0.1, 0.15) is 1.43 Å². The summed E-state index contributed by atoms with van der Waals surface area (Å²) in [7, 11) is -3.78. The van der Waals surface area contributed by atoms with Crippen LogP contribution in [0.2, 0.25) is 0 Å². The minimum atomic E-state index is -3.78. The molecule has 0 unspecified atom stereocenters. The number of hydrogen-bond acceptors (Lipinski definition) is 1. The third kappa shape index (κ3) is 10.8. The Morgan fingerprint density at radius 1 is 1.75 bits per heavy atom. The molecule has 0 radical (unpaired) electrons. The predicted molar refractivity (Wildman–Crippen MR) is 28.2 cm³/mol. The molecular formula is C3H8CsO3P. The fourth-order valence-electron chi connectivity index (χ4n) is 0.168. The van der Waals surface area contributed by atoms with Gasteiger partial charge >= 0.3 is 76.5 Å². The average molecular weight is 256 g/mol. The monoisotopic (exact) mass is 256 g/mol. The minimum absolute atomic E-state index is 0. The molecule has 0 rings (SSSR count). The second kappa shape index (κ2) is 5.71. The van der Waals surface area contributed by atoms with Gasteiger partial charge < -0.3 is 11.2 Å². The topological polar surface area (TPSA) is 57.5 Å². The summed E-state index contributed by atoms with van der Waals surface area (Å²) in [6, 6.07) is 0. The van der Waals surface area contributed by atoms with E-state index in [1.54, 1.807) is 0 Å². The summed E-state index contributed by atoms with van der Waals surface area (Å²) >= 11 is 0. The summed E-state index contributed by atoms with van der Waals surface area (Å²) in [6.45, 7) is 3.15. The van der Waals surface area contributed by atoms with Crippen molar-refractivity contribution in [2.75, 3.05) is 6.16 Å². The van der Waals surface area contributed by atoms with Gasteiger partial charge in [0.05, 0.1) is 6.16 Å². The first-order chi connectivity index (χ1) is 3.06. The Bertz CT molecular complexity index is 112. The smallest absolute Gasteiger partial charge is 1.00 e. The molecule has 0 saturated heterocycles. The molecule has 0 aliphatic heterocycles. The second-order valence-electron chi connectivity index (χ2n) is 1.14. The van der Waals surface area contributed by atoms with Crippen molar-refractivity contribution in [3.63, 3.8) is 0 Å². The van der Waals surface area contributed by atoms with Crippen LogP contribution in [-0.4, -0.2) is 15.9 Å². The molecule has 0 aliphatic carbocycles. The molecule has 3 nitrogen and oxygen atoms in total. The zero-order valence-corrected chi connectivity index (χ0v) is 11.9. The Labute approximate surface area is 109 Å². The number of hydrogen-bond donors (Lipinski definition) is 2. The van der Waals surface area contributed by atoms with Crippen molar-refractivity contribution in [2.45, 2.75) is 0 Å². The third-order valence-corrected chi connectivity index (χ3v) is 1.10. The van der Waals surface area contributed by atoms with Crippen molar-refractivity contribution in [3.8, 4) is 0 Å². The van der Waals surface area contributed by atoms with Crippen LogP contribution in [0.4, 0.5) is 0 Å². The van der Waals surface area contributed by atoms with Gasteiger partial charge in [-0.2, -0.15) is 0 Å². The van der Waals surface area contributed by atoms with Crippen molar-refractivity contribution in [2.24, 2.45) is 0 Å². The van der Waals surface area contributed by atoms with E-state index in [-0.39, 0.29) is 76.5 Å². The largest absolute Gasteiger partial charge is 1.00 e. The minimum Gasteiger partial charge on any atom is -1.00 e. The van der Waals surface area contributed by atoms with Crippen molar-refractivity contribution in [3.05, 3.63) is 12.7 Å². The van der Waals surface area contributed by atoms with Gasteiger partial charge in [-0.3, -0.25) is 4.57 Å². The quantitative estimate of drug-likeness (QED) is 0.423. The summed E-state index contributed by atoms with van der Waals surface area (Å²) < 4.78 is 9.85. The van der Waals surface area contributed by atoms with Gasteiger partial charge in [0.2, 0.25) is 0 Å². The summed E-state index contributed by atoms with van der Waals surface area (Å²) in [5.74, 6) is 0. The fourth-order valence-corrected chi connectivity index (χ4v) is 0.505. The normalized spacial score (nSPS) is 9.75. The Morgan fingerprint density at radius 3 is 2.12 bits per heavy atom. The Balaban J connectivity index is -0.000000180. The maximum Gasteiger partial charge on any atom is 1.00 e. The zero-order chi connectivity index (χ0) is 5.91. The molecule has 5 heteroatoms. The standard InChI is InChI=1S/C3H7O3P.Cs.H/c1-2-3-7(4,5)6;;/h2H,1,3H2,(H2,4,5,6);;/q;+1;-1. The summed E-state index contributed by atoms with van der Waals surface area (Å²) in [6.07, 6.45) is 0.966. The van der Waals surface area contributed by atoms with Crippen LogP contribution < -0.4 is 68.9 Å². The molecule has 0 aliphatic rings. The van der Waals surface area contributed by atoms with Gasteiger partial charge in [0.15, 0.2) is 0 Å². The maximum atomic E-state index is 9.85. The SMILES string of the molecule is C=CCP(=O)(O)O.[Cs+].[H-]. The Hall–Kier alpha value is 1.94. The predicted octanol–water partition coefficient (Wildman–Crippen LogP) is -2.53. The Kier molecular flexibility index (Phi) is 8.99. The van der Waals surface area contributed by atoms with Crippen LogP contribution in [0.25, 0.3) is 0 Å². The molecule has 0 bridgehead atoms. The zero-order valence-electron chi connectivity index (χ0n) is 5.74. The molecular weight excluding hydrogens is 248 g/mol. The molecule has 2 N–H and O–H groups in total. The van der Waals surface area contributed by atoms with Crippen molar-refractivity contribution in [1.29, 1.82) is 0 Å². The molecule has 0 aromatic carbocycles. The molecule has 0 fully saturated rings. The molecule has 8 heavy (non-hydrogen) atoms. The van der Waals surface area contributed by atoms with E-state index in [4.69, 9.17) is 9.79 Å². The first-order valence-electron chi connectivity index (χ1n) is 1.72. The fraction of sp³-hybridized carbons (Fsp3) is 0.333. The molecule has 0 atom stereocenters. The summed E-state index contributed by atoms with van der Waals surface area (Å²) in [5.41, 5.74) is 0. The summed E-state index contributed by atoms with van der Waals surface area (Å²) in [4.78, 5) is 16.1. The Morgan fingerprint density at radius 2 is 2.12 bits per heavy atom. The van der Waals surface area contributed by atoms with Crippen LogP contribution in [0.15, 0.2) is 12.7 Å². The summed E-state index contributed by atoms with van der Waals surface area (Å²) in [5, 5.41) is 0. The van der Waals surface area contributed by atoms with Gasteiger partial charge in [0.25, 0.3) is 0 Å². The molecule has 0 heterocycles. The van der Waals surface area contributed by atoms with Crippen LogP contribution >= 0.6 is 7.60 Å². The van der Waals surface area contributed by atoms with E-state index in [1.807, 2.05) is 0 Å². The van der Waals surface area contributed by atoms with E-state index < -0.39 is 7.60 Å². The first-order valence-corrected chi connectivity index (χ1v) is 3.51. The van der Waals surface area contributed by atoms with Crippen molar-refractivity contribution < 1.29 is 84.7 Å². The molecule has 0 aromatic heterocycles. The van der Waals surface area contributed by atoms with Crippen LogP contribution in [0.3, 0.4) is 0 Å². The van der Waals surface area contributed by atoms with Gasteiger partial charge in [-0.1, -0.05) is 6.08 Å². The molecule has 44 valence electrons. The van der Waals surface area contributed by atoms with Gasteiger partial charge in [0.1, 0.15) is 0 Å². The van der Waals surface area contributed by atoms with Gasteiger partial charge in [-0.05, 0) is 0 Å². The van der Waals surface area contributed by atoms with Crippen molar-refractivity contribution >= 4 is 7.60 Å². The van der Waals surface area contributed by atoms with E-state index in [0.717, 1.165) is 0 Å².